The van der Waals surface area contributed by atoms with Gasteiger partial charge >= 0.3 is 5.97 Å². The highest BCUT2D eigenvalue weighted by atomic mass is 16.5. The molecule has 0 heterocycles. The molecule has 0 aliphatic heterocycles. The molecule has 4 nitrogen and oxygen atoms in total. The van der Waals surface area contributed by atoms with Gasteiger partial charge in [-0.1, -0.05) is 31.2 Å². The Morgan fingerprint density at radius 2 is 2.11 bits per heavy atom. The van der Waals surface area contributed by atoms with Gasteiger partial charge in [0.2, 0.25) is 0 Å². The lowest BCUT2D eigenvalue weighted by Crippen LogP contribution is -2.15. The van der Waals surface area contributed by atoms with Gasteiger partial charge in [-0.25, -0.2) is 0 Å². The summed E-state index contributed by atoms with van der Waals surface area (Å²) in [6.07, 6.45) is -0.479. The predicted octanol–water partition coefficient (Wildman–Crippen LogP) is 2.07. The van der Waals surface area contributed by atoms with Crippen LogP contribution in [0.2, 0.25) is 0 Å². The van der Waals surface area contributed by atoms with Crippen molar-refractivity contribution in [3.63, 3.8) is 0 Å². The summed E-state index contributed by atoms with van der Waals surface area (Å²) >= 11 is 0. The lowest BCUT2D eigenvalue weighted by Gasteiger charge is -2.18. The van der Waals surface area contributed by atoms with Gasteiger partial charge in [0.25, 0.3) is 0 Å². The summed E-state index contributed by atoms with van der Waals surface area (Å²) in [5, 5.41) is 10.2. The van der Waals surface area contributed by atoms with Crippen molar-refractivity contribution in [2.24, 2.45) is 5.92 Å². The molecule has 0 spiro atoms. The van der Waals surface area contributed by atoms with Crippen molar-refractivity contribution in [3.8, 4) is 0 Å². The molecule has 1 aromatic rings. The van der Waals surface area contributed by atoms with E-state index in [4.69, 9.17) is 4.74 Å². The maximum atomic E-state index is 11.2. The average molecular weight is 252 g/mol. The van der Waals surface area contributed by atoms with Gasteiger partial charge in [0.15, 0.2) is 0 Å². The zero-order valence-electron chi connectivity index (χ0n) is 11.1. The molecule has 4 heteroatoms. The van der Waals surface area contributed by atoms with E-state index in [1.165, 1.54) is 7.11 Å². The van der Waals surface area contributed by atoms with E-state index in [2.05, 4.69) is 4.74 Å². The van der Waals surface area contributed by atoms with Gasteiger partial charge in [-0.3, -0.25) is 4.79 Å². The first-order valence-electron chi connectivity index (χ1n) is 5.91. The van der Waals surface area contributed by atoms with Crippen LogP contribution in [0.5, 0.6) is 0 Å². The molecule has 1 aromatic carbocycles. The van der Waals surface area contributed by atoms with E-state index >= 15 is 0 Å². The summed E-state index contributed by atoms with van der Waals surface area (Å²) in [7, 11) is 2.98. The molecule has 1 rings (SSSR count). The van der Waals surface area contributed by atoms with Crippen LogP contribution in [0.3, 0.4) is 0 Å². The lowest BCUT2D eigenvalue weighted by atomic mass is 9.94. The second-order valence-electron chi connectivity index (χ2n) is 4.38. The minimum Gasteiger partial charge on any atom is -0.469 e. The third-order valence-electron chi connectivity index (χ3n) is 2.86. The van der Waals surface area contributed by atoms with Gasteiger partial charge in [0, 0.05) is 7.11 Å². The van der Waals surface area contributed by atoms with Crippen molar-refractivity contribution in [1.29, 1.82) is 0 Å². The third-order valence-corrected chi connectivity index (χ3v) is 2.86. The SMILES string of the molecule is COCc1cccc(C(O)C(C)CC(=O)OC)c1. The number of ether oxygens (including phenoxy) is 2. The predicted molar refractivity (Wildman–Crippen MR) is 67.9 cm³/mol. The molecule has 0 radical (unpaired) electrons. The van der Waals surface area contributed by atoms with Crippen molar-refractivity contribution < 1.29 is 19.4 Å². The third kappa shape index (κ3) is 4.13. The second-order valence-corrected chi connectivity index (χ2v) is 4.38. The van der Waals surface area contributed by atoms with Crippen LogP contribution >= 0.6 is 0 Å². The number of hydrogen-bond donors (Lipinski definition) is 1. The molecule has 0 bridgehead atoms. The molecule has 0 saturated carbocycles. The van der Waals surface area contributed by atoms with Crippen LogP contribution in [-0.2, 0) is 20.9 Å². The standard InChI is InChI=1S/C14H20O4/c1-10(7-13(15)18-3)14(16)12-6-4-5-11(8-12)9-17-2/h4-6,8,10,14,16H,7,9H2,1-3H3. The van der Waals surface area contributed by atoms with Gasteiger partial charge in [0.1, 0.15) is 0 Å². The largest absolute Gasteiger partial charge is 0.469 e. The highest BCUT2D eigenvalue weighted by Gasteiger charge is 2.20. The number of aliphatic hydroxyl groups is 1. The molecule has 18 heavy (non-hydrogen) atoms. The smallest absolute Gasteiger partial charge is 0.305 e. The van der Waals surface area contributed by atoms with Gasteiger partial charge < -0.3 is 14.6 Å². The topological polar surface area (TPSA) is 55.8 Å². The zero-order valence-corrected chi connectivity index (χ0v) is 11.1. The highest BCUT2D eigenvalue weighted by molar-refractivity contribution is 5.69. The molecule has 0 aliphatic carbocycles. The zero-order chi connectivity index (χ0) is 13.5. The molecule has 100 valence electrons. The number of hydrogen-bond acceptors (Lipinski definition) is 4. The number of benzene rings is 1. The van der Waals surface area contributed by atoms with Gasteiger partial charge in [-0.15, -0.1) is 0 Å². The molecule has 0 aliphatic rings. The average Bonchev–Trinajstić information content (AvgIpc) is 2.38. The van der Waals surface area contributed by atoms with E-state index < -0.39 is 6.10 Å². The molecule has 0 aromatic heterocycles. The van der Waals surface area contributed by atoms with E-state index in [0.29, 0.717) is 6.61 Å². The van der Waals surface area contributed by atoms with E-state index in [-0.39, 0.29) is 18.3 Å². The normalized spacial score (nSPS) is 14.0. The summed E-state index contributed by atoms with van der Waals surface area (Å²) in [5.74, 6) is -0.496. The van der Waals surface area contributed by atoms with Crippen LogP contribution in [0.4, 0.5) is 0 Å². The monoisotopic (exact) mass is 252 g/mol. The van der Waals surface area contributed by atoms with Crippen molar-refractivity contribution in [3.05, 3.63) is 35.4 Å². The van der Waals surface area contributed by atoms with Crippen molar-refractivity contribution in [2.75, 3.05) is 14.2 Å². The first-order chi connectivity index (χ1) is 8.58. The Hall–Kier alpha value is -1.39. The molecule has 2 atom stereocenters. The van der Waals surface area contributed by atoms with Gasteiger partial charge in [-0.2, -0.15) is 0 Å². The van der Waals surface area contributed by atoms with E-state index in [9.17, 15) is 9.90 Å². The second kappa shape index (κ2) is 7.13. The quantitative estimate of drug-likeness (QED) is 0.787. The van der Waals surface area contributed by atoms with Crippen LogP contribution in [0.15, 0.2) is 24.3 Å². The number of esters is 1. The summed E-state index contributed by atoms with van der Waals surface area (Å²) in [6.45, 7) is 2.33. The Morgan fingerprint density at radius 1 is 1.39 bits per heavy atom. The minimum absolute atomic E-state index is 0.185. The van der Waals surface area contributed by atoms with Gasteiger partial charge in [-0.05, 0) is 17.0 Å². The molecular formula is C14H20O4. The summed E-state index contributed by atoms with van der Waals surface area (Å²) < 4.78 is 9.65. The Balaban J connectivity index is 2.73. The van der Waals surface area contributed by atoms with Crippen molar-refractivity contribution >= 4 is 5.97 Å². The first-order valence-corrected chi connectivity index (χ1v) is 5.91. The van der Waals surface area contributed by atoms with Crippen molar-refractivity contribution in [1.82, 2.24) is 0 Å². The summed E-state index contributed by atoms with van der Waals surface area (Å²) in [5.41, 5.74) is 1.79. The van der Waals surface area contributed by atoms with E-state index in [1.54, 1.807) is 7.11 Å². The van der Waals surface area contributed by atoms with E-state index in [1.807, 2.05) is 31.2 Å². The number of carbonyl (C=O) groups is 1. The molecular weight excluding hydrogens is 232 g/mol. The van der Waals surface area contributed by atoms with Crippen LogP contribution < -0.4 is 0 Å². The fraction of sp³-hybridized carbons (Fsp3) is 0.500. The summed E-state index contributed by atoms with van der Waals surface area (Å²) in [4.78, 5) is 11.2. The Kier molecular flexibility index (Phi) is 5.82. The maximum Gasteiger partial charge on any atom is 0.305 e. The molecule has 2 unspecified atom stereocenters. The van der Waals surface area contributed by atoms with Crippen LogP contribution in [0.25, 0.3) is 0 Å². The van der Waals surface area contributed by atoms with Crippen LogP contribution in [0, 0.1) is 5.92 Å². The first kappa shape index (κ1) is 14.7. The number of rotatable bonds is 6. The van der Waals surface area contributed by atoms with Gasteiger partial charge in [0.05, 0.1) is 26.2 Å². The molecule has 1 N–H and O–H groups in total. The lowest BCUT2D eigenvalue weighted by molar-refractivity contribution is -0.142. The fourth-order valence-electron chi connectivity index (χ4n) is 1.82. The Labute approximate surface area is 108 Å². The Morgan fingerprint density at radius 3 is 2.72 bits per heavy atom. The highest BCUT2D eigenvalue weighted by Crippen LogP contribution is 2.25. The number of aliphatic hydroxyl groups excluding tert-OH is 1. The van der Waals surface area contributed by atoms with Crippen molar-refractivity contribution in [2.45, 2.75) is 26.1 Å². The Bertz CT molecular complexity index is 389. The number of carbonyl (C=O) groups excluding carboxylic acids is 1. The van der Waals surface area contributed by atoms with Crippen LogP contribution in [-0.4, -0.2) is 25.3 Å². The molecule has 0 fully saturated rings. The molecule has 0 saturated heterocycles. The minimum atomic E-state index is -0.680. The van der Waals surface area contributed by atoms with E-state index in [0.717, 1.165) is 11.1 Å². The number of methoxy groups -OCH3 is 2. The maximum absolute atomic E-state index is 11.2. The fourth-order valence-corrected chi connectivity index (χ4v) is 1.82. The van der Waals surface area contributed by atoms with Crippen LogP contribution in [0.1, 0.15) is 30.6 Å². The summed E-state index contributed by atoms with van der Waals surface area (Å²) in [6, 6.07) is 7.54. The molecule has 0 amide bonds.